The Balaban J connectivity index is 2.06. The van der Waals surface area contributed by atoms with Gasteiger partial charge in [0.2, 0.25) is 0 Å². The predicted molar refractivity (Wildman–Crippen MR) is 74.0 cm³/mol. The van der Waals surface area contributed by atoms with Crippen LogP contribution in [0.25, 0.3) is 0 Å². The molecule has 0 atom stereocenters. The van der Waals surface area contributed by atoms with Crippen LogP contribution in [0, 0.1) is 11.8 Å². The summed E-state index contributed by atoms with van der Waals surface area (Å²) in [5.74, 6) is 7.34. The monoisotopic (exact) mass is 275 g/mol. The molecule has 0 aliphatic heterocycles. The summed E-state index contributed by atoms with van der Waals surface area (Å²) in [4.78, 5) is 0. The van der Waals surface area contributed by atoms with Gasteiger partial charge < -0.3 is 4.74 Å². The second-order valence-corrected chi connectivity index (χ2v) is 4.29. The SMILES string of the molecule is Cn1cc(COc2ccccc2C#CCCCl)nn1. The first-order chi connectivity index (χ1) is 9.29. The lowest BCUT2D eigenvalue weighted by atomic mass is 10.2. The molecule has 4 nitrogen and oxygen atoms in total. The number of para-hydroxylation sites is 1. The van der Waals surface area contributed by atoms with Crippen LogP contribution in [0.4, 0.5) is 0 Å². The number of aryl methyl sites for hydroxylation is 1. The maximum atomic E-state index is 5.72. The van der Waals surface area contributed by atoms with Crippen LogP contribution in [0.1, 0.15) is 17.7 Å². The van der Waals surface area contributed by atoms with Crippen LogP contribution in [0.2, 0.25) is 0 Å². The van der Waals surface area contributed by atoms with Gasteiger partial charge in [-0.15, -0.1) is 16.7 Å². The third-order valence-corrected chi connectivity index (χ3v) is 2.54. The van der Waals surface area contributed by atoms with Crippen LogP contribution < -0.4 is 4.74 Å². The summed E-state index contributed by atoms with van der Waals surface area (Å²) >= 11 is 5.60. The lowest BCUT2D eigenvalue weighted by Crippen LogP contribution is -1.97. The van der Waals surface area contributed by atoms with Gasteiger partial charge in [0.25, 0.3) is 0 Å². The van der Waals surface area contributed by atoms with Crippen molar-refractivity contribution in [3.63, 3.8) is 0 Å². The molecule has 98 valence electrons. The number of rotatable bonds is 4. The maximum absolute atomic E-state index is 5.72. The Labute approximate surface area is 117 Å². The van der Waals surface area contributed by atoms with E-state index in [1.54, 1.807) is 4.68 Å². The third kappa shape index (κ3) is 4.01. The molecule has 1 aromatic carbocycles. The Morgan fingerprint density at radius 2 is 2.21 bits per heavy atom. The van der Waals surface area contributed by atoms with E-state index >= 15 is 0 Å². The summed E-state index contributed by atoms with van der Waals surface area (Å²) in [7, 11) is 1.82. The summed E-state index contributed by atoms with van der Waals surface area (Å²) in [5, 5.41) is 7.83. The lowest BCUT2D eigenvalue weighted by molar-refractivity contribution is 0.300. The molecule has 0 fully saturated rings. The van der Waals surface area contributed by atoms with Crippen molar-refractivity contribution in [2.24, 2.45) is 7.05 Å². The molecule has 0 aliphatic carbocycles. The number of hydrogen-bond acceptors (Lipinski definition) is 3. The average molecular weight is 276 g/mol. The van der Waals surface area contributed by atoms with Gasteiger partial charge in [-0.05, 0) is 12.1 Å². The van der Waals surface area contributed by atoms with Gasteiger partial charge in [0, 0.05) is 19.3 Å². The quantitative estimate of drug-likeness (QED) is 0.635. The number of nitrogens with zero attached hydrogens (tertiary/aromatic N) is 3. The Hall–Kier alpha value is -1.99. The zero-order chi connectivity index (χ0) is 13.5. The molecule has 0 unspecified atom stereocenters. The normalized spacial score (nSPS) is 9.79. The third-order valence-electron chi connectivity index (χ3n) is 2.36. The van der Waals surface area contributed by atoms with E-state index in [0.717, 1.165) is 17.0 Å². The highest BCUT2D eigenvalue weighted by Crippen LogP contribution is 2.17. The fourth-order valence-electron chi connectivity index (χ4n) is 1.51. The molecule has 0 spiro atoms. The van der Waals surface area contributed by atoms with Crippen molar-refractivity contribution in [3.05, 3.63) is 41.7 Å². The van der Waals surface area contributed by atoms with Crippen molar-refractivity contribution < 1.29 is 4.74 Å². The van der Waals surface area contributed by atoms with E-state index in [9.17, 15) is 0 Å². The first-order valence-electron chi connectivity index (χ1n) is 5.91. The van der Waals surface area contributed by atoms with Crippen molar-refractivity contribution >= 4 is 11.6 Å². The van der Waals surface area contributed by atoms with E-state index in [1.807, 2.05) is 37.5 Å². The highest BCUT2D eigenvalue weighted by molar-refractivity contribution is 6.18. The van der Waals surface area contributed by atoms with Crippen molar-refractivity contribution in [3.8, 4) is 17.6 Å². The average Bonchev–Trinajstić information content (AvgIpc) is 2.84. The van der Waals surface area contributed by atoms with Gasteiger partial charge in [-0.1, -0.05) is 29.2 Å². The van der Waals surface area contributed by atoms with Gasteiger partial charge >= 0.3 is 0 Å². The van der Waals surface area contributed by atoms with E-state index in [0.29, 0.717) is 18.9 Å². The Kier molecular flexibility index (Phi) is 4.82. The molecule has 0 amide bonds. The molecule has 0 aliphatic rings. The molecule has 5 heteroatoms. The van der Waals surface area contributed by atoms with E-state index in [-0.39, 0.29) is 0 Å². The van der Waals surface area contributed by atoms with Crippen LogP contribution >= 0.6 is 11.6 Å². The van der Waals surface area contributed by atoms with Gasteiger partial charge in [0.1, 0.15) is 18.1 Å². The molecule has 0 saturated heterocycles. The molecule has 0 N–H and O–H groups in total. The van der Waals surface area contributed by atoms with E-state index < -0.39 is 0 Å². The predicted octanol–water partition coefficient (Wildman–Crippen LogP) is 2.37. The summed E-state index contributed by atoms with van der Waals surface area (Å²) in [6.07, 6.45) is 2.49. The number of benzene rings is 1. The molecule has 1 aromatic heterocycles. The number of alkyl halides is 1. The van der Waals surface area contributed by atoms with E-state index in [4.69, 9.17) is 16.3 Å². The van der Waals surface area contributed by atoms with Gasteiger partial charge in [0.05, 0.1) is 11.8 Å². The highest BCUT2D eigenvalue weighted by atomic mass is 35.5. The van der Waals surface area contributed by atoms with Crippen LogP contribution in [-0.2, 0) is 13.7 Å². The van der Waals surface area contributed by atoms with E-state index in [2.05, 4.69) is 22.2 Å². The molecule has 2 rings (SSSR count). The standard InChI is InChI=1S/C14H14ClN3O/c1-18-10-13(16-17-18)11-19-14-8-3-2-6-12(14)7-4-5-9-15/h2-3,6,8,10H,5,9,11H2,1H3. The second kappa shape index (κ2) is 6.81. The molecule has 0 saturated carbocycles. The second-order valence-electron chi connectivity index (χ2n) is 3.91. The molecular weight excluding hydrogens is 262 g/mol. The maximum Gasteiger partial charge on any atom is 0.135 e. The molecule has 19 heavy (non-hydrogen) atoms. The largest absolute Gasteiger partial charge is 0.486 e. The first kappa shape index (κ1) is 13.4. The fourth-order valence-corrected chi connectivity index (χ4v) is 1.61. The minimum absolute atomic E-state index is 0.377. The number of hydrogen-bond donors (Lipinski definition) is 0. The van der Waals surface area contributed by atoms with Gasteiger partial charge in [0.15, 0.2) is 0 Å². The smallest absolute Gasteiger partial charge is 0.135 e. The fraction of sp³-hybridized carbons (Fsp3) is 0.286. The molecule has 0 bridgehead atoms. The van der Waals surface area contributed by atoms with Crippen LogP contribution in [-0.4, -0.2) is 20.9 Å². The zero-order valence-electron chi connectivity index (χ0n) is 10.6. The summed E-state index contributed by atoms with van der Waals surface area (Å²) in [6, 6.07) is 7.66. The molecular formula is C14H14ClN3O. The lowest BCUT2D eigenvalue weighted by Gasteiger charge is -2.05. The van der Waals surface area contributed by atoms with Gasteiger partial charge in [-0.3, -0.25) is 4.68 Å². The van der Waals surface area contributed by atoms with Crippen molar-refractivity contribution in [2.75, 3.05) is 5.88 Å². The van der Waals surface area contributed by atoms with Gasteiger partial charge in [-0.25, -0.2) is 0 Å². The summed E-state index contributed by atoms with van der Waals surface area (Å²) < 4.78 is 7.36. The minimum atomic E-state index is 0.377. The van der Waals surface area contributed by atoms with Crippen molar-refractivity contribution in [1.29, 1.82) is 0 Å². The Bertz CT molecular complexity index is 598. The van der Waals surface area contributed by atoms with Crippen LogP contribution in [0.3, 0.4) is 0 Å². The zero-order valence-corrected chi connectivity index (χ0v) is 11.4. The first-order valence-corrected chi connectivity index (χ1v) is 6.45. The van der Waals surface area contributed by atoms with Crippen molar-refractivity contribution in [2.45, 2.75) is 13.0 Å². The number of ether oxygens (including phenoxy) is 1. The van der Waals surface area contributed by atoms with Crippen LogP contribution in [0.5, 0.6) is 5.75 Å². The summed E-state index contributed by atoms with van der Waals surface area (Å²) in [5.41, 5.74) is 1.64. The minimum Gasteiger partial charge on any atom is -0.486 e. The Morgan fingerprint density at radius 1 is 1.37 bits per heavy atom. The topological polar surface area (TPSA) is 39.9 Å². The van der Waals surface area contributed by atoms with E-state index in [1.165, 1.54) is 0 Å². The Morgan fingerprint density at radius 3 is 2.95 bits per heavy atom. The highest BCUT2D eigenvalue weighted by Gasteiger charge is 2.03. The number of aromatic nitrogens is 3. The summed E-state index contributed by atoms with van der Waals surface area (Å²) in [6.45, 7) is 0.377. The van der Waals surface area contributed by atoms with Crippen molar-refractivity contribution in [1.82, 2.24) is 15.0 Å². The van der Waals surface area contributed by atoms with Gasteiger partial charge in [-0.2, -0.15) is 0 Å². The van der Waals surface area contributed by atoms with Crippen LogP contribution in [0.15, 0.2) is 30.5 Å². The molecule has 1 heterocycles. The number of halogens is 1. The molecule has 2 aromatic rings. The molecule has 0 radical (unpaired) electrons.